The molecule has 2 unspecified atom stereocenters. The zero-order chi connectivity index (χ0) is 20.9. The molecule has 1 aliphatic heterocycles. The van der Waals surface area contributed by atoms with Crippen molar-refractivity contribution in [2.75, 3.05) is 53.2 Å². The van der Waals surface area contributed by atoms with Gasteiger partial charge in [-0.15, -0.1) is 0 Å². The number of ether oxygens (including phenoxy) is 4. The largest absolute Gasteiger partial charge is 0.490 e. The van der Waals surface area contributed by atoms with Gasteiger partial charge in [0, 0.05) is 32.7 Å². The fourth-order valence-corrected chi connectivity index (χ4v) is 3.17. The van der Waals surface area contributed by atoms with Gasteiger partial charge in [0.2, 0.25) is 0 Å². The SMILES string of the molecule is CCOc1ccc(C(C)NC(=NC)NCCCOCC2CCOC2)cc1OCC. The number of hydrogen-bond donors (Lipinski definition) is 2. The van der Waals surface area contributed by atoms with Crippen molar-refractivity contribution in [2.45, 2.75) is 39.7 Å². The minimum absolute atomic E-state index is 0.0784. The van der Waals surface area contributed by atoms with Crippen molar-refractivity contribution < 1.29 is 18.9 Å². The summed E-state index contributed by atoms with van der Waals surface area (Å²) in [6.45, 7) is 11.3. The summed E-state index contributed by atoms with van der Waals surface area (Å²) < 4.78 is 22.5. The summed E-state index contributed by atoms with van der Waals surface area (Å²) in [5, 5.41) is 6.77. The monoisotopic (exact) mass is 407 g/mol. The maximum Gasteiger partial charge on any atom is 0.191 e. The molecule has 1 heterocycles. The van der Waals surface area contributed by atoms with Crippen LogP contribution in [0.1, 0.15) is 45.2 Å². The first kappa shape index (κ1) is 23.3. The first-order valence-corrected chi connectivity index (χ1v) is 10.7. The van der Waals surface area contributed by atoms with Gasteiger partial charge in [-0.05, 0) is 51.3 Å². The Balaban J connectivity index is 1.75. The second-order valence-corrected chi connectivity index (χ2v) is 7.10. The minimum Gasteiger partial charge on any atom is -0.490 e. The Kier molecular flexibility index (Phi) is 10.7. The third-order valence-corrected chi connectivity index (χ3v) is 4.78. The van der Waals surface area contributed by atoms with E-state index in [1.54, 1.807) is 7.05 Å². The molecule has 7 heteroatoms. The van der Waals surface area contributed by atoms with E-state index in [0.29, 0.717) is 19.1 Å². The van der Waals surface area contributed by atoms with E-state index in [1.165, 1.54) is 0 Å². The predicted molar refractivity (Wildman–Crippen MR) is 116 cm³/mol. The van der Waals surface area contributed by atoms with E-state index in [1.807, 2.05) is 26.0 Å². The lowest BCUT2D eigenvalue weighted by Gasteiger charge is -2.20. The molecule has 0 spiro atoms. The van der Waals surface area contributed by atoms with E-state index in [0.717, 1.165) is 68.8 Å². The molecule has 1 aromatic rings. The van der Waals surface area contributed by atoms with Crippen LogP contribution in [0.25, 0.3) is 0 Å². The minimum atomic E-state index is 0.0784. The fourth-order valence-electron chi connectivity index (χ4n) is 3.17. The van der Waals surface area contributed by atoms with Crippen molar-refractivity contribution >= 4 is 5.96 Å². The predicted octanol–water partition coefficient (Wildman–Crippen LogP) is 3.15. The highest BCUT2D eigenvalue weighted by Crippen LogP contribution is 2.30. The molecule has 1 aliphatic rings. The lowest BCUT2D eigenvalue weighted by molar-refractivity contribution is 0.0888. The molecule has 0 bridgehead atoms. The summed E-state index contributed by atoms with van der Waals surface area (Å²) in [5.74, 6) is 2.88. The summed E-state index contributed by atoms with van der Waals surface area (Å²) in [6.07, 6.45) is 2.05. The lowest BCUT2D eigenvalue weighted by atomic mass is 10.1. The van der Waals surface area contributed by atoms with E-state index in [4.69, 9.17) is 18.9 Å². The van der Waals surface area contributed by atoms with Crippen LogP contribution in [-0.4, -0.2) is 59.2 Å². The lowest BCUT2D eigenvalue weighted by Crippen LogP contribution is -2.39. The number of nitrogens with zero attached hydrogens (tertiary/aromatic N) is 1. The molecule has 0 radical (unpaired) electrons. The van der Waals surface area contributed by atoms with Gasteiger partial charge in [0.25, 0.3) is 0 Å². The molecule has 164 valence electrons. The third kappa shape index (κ3) is 8.11. The average Bonchev–Trinajstić information content (AvgIpc) is 3.24. The Morgan fingerprint density at radius 2 is 2.03 bits per heavy atom. The summed E-state index contributed by atoms with van der Waals surface area (Å²) in [7, 11) is 1.78. The molecule has 1 fully saturated rings. The Labute approximate surface area is 175 Å². The van der Waals surface area contributed by atoms with Crippen LogP contribution in [0.3, 0.4) is 0 Å². The molecule has 0 aromatic heterocycles. The second-order valence-electron chi connectivity index (χ2n) is 7.10. The van der Waals surface area contributed by atoms with Crippen molar-refractivity contribution in [1.29, 1.82) is 0 Å². The quantitative estimate of drug-likeness (QED) is 0.315. The molecule has 0 amide bonds. The molecule has 2 N–H and O–H groups in total. The summed E-state index contributed by atoms with van der Waals surface area (Å²) >= 11 is 0. The Morgan fingerprint density at radius 3 is 2.72 bits per heavy atom. The van der Waals surface area contributed by atoms with Crippen LogP contribution in [-0.2, 0) is 9.47 Å². The molecule has 0 aliphatic carbocycles. The first-order valence-electron chi connectivity index (χ1n) is 10.7. The van der Waals surface area contributed by atoms with Gasteiger partial charge in [0.15, 0.2) is 17.5 Å². The second kappa shape index (κ2) is 13.3. The Morgan fingerprint density at radius 1 is 1.24 bits per heavy atom. The van der Waals surface area contributed by atoms with E-state index in [-0.39, 0.29) is 6.04 Å². The maximum atomic E-state index is 5.74. The average molecular weight is 408 g/mol. The van der Waals surface area contributed by atoms with Crippen molar-refractivity contribution in [2.24, 2.45) is 10.9 Å². The zero-order valence-electron chi connectivity index (χ0n) is 18.3. The van der Waals surface area contributed by atoms with Crippen LogP contribution in [0.2, 0.25) is 0 Å². The molecule has 2 atom stereocenters. The number of hydrogen-bond acceptors (Lipinski definition) is 5. The van der Waals surface area contributed by atoms with Crippen LogP contribution < -0.4 is 20.1 Å². The van der Waals surface area contributed by atoms with Crippen molar-refractivity contribution in [3.63, 3.8) is 0 Å². The van der Waals surface area contributed by atoms with Gasteiger partial charge in [-0.2, -0.15) is 0 Å². The summed E-state index contributed by atoms with van der Waals surface area (Å²) in [4.78, 5) is 4.32. The van der Waals surface area contributed by atoms with Crippen LogP contribution in [0.4, 0.5) is 0 Å². The van der Waals surface area contributed by atoms with Crippen LogP contribution in [0, 0.1) is 5.92 Å². The highest BCUT2D eigenvalue weighted by atomic mass is 16.5. The van der Waals surface area contributed by atoms with Gasteiger partial charge >= 0.3 is 0 Å². The van der Waals surface area contributed by atoms with E-state index < -0.39 is 0 Å². The highest BCUT2D eigenvalue weighted by Gasteiger charge is 2.15. The molecular formula is C22H37N3O4. The van der Waals surface area contributed by atoms with E-state index in [2.05, 4.69) is 28.6 Å². The van der Waals surface area contributed by atoms with Crippen molar-refractivity contribution in [1.82, 2.24) is 10.6 Å². The van der Waals surface area contributed by atoms with Gasteiger partial charge in [-0.25, -0.2) is 0 Å². The molecule has 29 heavy (non-hydrogen) atoms. The normalized spacial score (nSPS) is 17.8. The third-order valence-electron chi connectivity index (χ3n) is 4.78. The van der Waals surface area contributed by atoms with Gasteiger partial charge in [0.05, 0.1) is 32.5 Å². The van der Waals surface area contributed by atoms with E-state index in [9.17, 15) is 0 Å². The smallest absolute Gasteiger partial charge is 0.191 e. The molecule has 1 saturated heterocycles. The Hall–Kier alpha value is -1.99. The van der Waals surface area contributed by atoms with Crippen molar-refractivity contribution in [3.8, 4) is 11.5 Å². The van der Waals surface area contributed by atoms with Crippen LogP contribution in [0.5, 0.6) is 11.5 Å². The fraction of sp³-hybridized carbons (Fsp3) is 0.682. The molecule has 1 aromatic carbocycles. The zero-order valence-corrected chi connectivity index (χ0v) is 18.3. The summed E-state index contributed by atoms with van der Waals surface area (Å²) in [6, 6.07) is 6.12. The van der Waals surface area contributed by atoms with Gasteiger partial charge in [-0.3, -0.25) is 4.99 Å². The first-order chi connectivity index (χ1) is 14.2. The number of nitrogens with one attached hydrogen (secondary N) is 2. The van der Waals surface area contributed by atoms with Crippen LogP contribution >= 0.6 is 0 Å². The maximum absolute atomic E-state index is 5.74. The molecular weight excluding hydrogens is 370 g/mol. The van der Waals surface area contributed by atoms with Crippen molar-refractivity contribution in [3.05, 3.63) is 23.8 Å². The highest BCUT2D eigenvalue weighted by molar-refractivity contribution is 5.80. The summed E-state index contributed by atoms with van der Waals surface area (Å²) in [5.41, 5.74) is 1.11. The topological polar surface area (TPSA) is 73.3 Å². The number of guanidine groups is 1. The number of benzene rings is 1. The van der Waals surface area contributed by atoms with Gasteiger partial charge in [-0.1, -0.05) is 6.07 Å². The van der Waals surface area contributed by atoms with E-state index >= 15 is 0 Å². The van der Waals surface area contributed by atoms with Gasteiger partial charge < -0.3 is 29.6 Å². The number of aliphatic imine (C=N–C) groups is 1. The Bertz CT molecular complexity index is 618. The van der Waals surface area contributed by atoms with Crippen LogP contribution in [0.15, 0.2) is 23.2 Å². The molecule has 2 rings (SSSR count). The molecule has 0 saturated carbocycles. The van der Waals surface area contributed by atoms with Gasteiger partial charge in [0.1, 0.15) is 0 Å². The standard InChI is InChI=1S/C22H37N3O4/c1-5-28-20-9-8-19(14-21(20)29-6-2)17(3)25-22(23-4)24-11-7-12-26-15-18-10-13-27-16-18/h8-9,14,17-18H,5-7,10-13,15-16H2,1-4H3,(H2,23,24,25). The molecule has 7 nitrogen and oxygen atoms in total. The number of rotatable bonds is 12.